The van der Waals surface area contributed by atoms with E-state index in [4.69, 9.17) is 0 Å². The molecule has 0 amide bonds. The zero-order valence-corrected chi connectivity index (χ0v) is 11.1. The minimum atomic E-state index is -0.571. The monoisotopic (exact) mass is 232 g/mol. The van der Waals surface area contributed by atoms with Crippen molar-refractivity contribution >= 4 is 0 Å². The molecule has 0 radical (unpaired) electrons. The van der Waals surface area contributed by atoms with Crippen LogP contribution in [-0.2, 0) is 12.0 Å². The Hall–Kier alpha value is -0.820. The summed E-state index contributed by atoms with van der Waals surface area (Å²) in [7, 11) is 0. The molecular formula is C16H24O. The molecule has 0 aliphatic heterocycles. The molecule has 1 aliphatic carbocycles. The second kappa shape index (κ2) is 5.22. The predicted octanol–water partition coefficient (Wildman–Crippen LogP) is 4.04. The van der Waals surface area contributed by atoms with Crippen molar-refractivity contribution in [1.29, 1.82) is 0 Å². The van der Waals surface area contributed by atoms with Gasteiger partial charge in [-0.15, -0.1) is 0 Å². The average Bonchev–Trinajstić information content (AvgIpc) is 2.39. The molecule has 2 rings (SSSR count). The highest BCUT2D eigenvalue weighted by molar-refractivity contribution is 5.29. The van der Waals surface area contributed by atoms with E-state index in [1.165, 1.54) is 18.4 Å². The van der Waals surface area contributed by atoms with Crippen LogP contribution < -0.4 is 0 Å². The molecule has 1 heteroatoms. The lowest BCUT2D eigenvalue weighted by molar-refractivity contribution is -0.0558. The summed E-state index contributed by atoms with van der Waals surface area (Å²) in [6, 6.07) is 8.55. The normalized spacial score (nSPS) is 29.2. The molecule has 1 aromatic carbocycles. The van der Waals surface area contributed by atoms with Crippen LogP contribution in [0.15, 0.2) is 24.3 Å². The minimum absolute atomic E-state index is 0.434. The number of benzene rings is 1. The van der Waals surface area contributed by atoms with Crippen LogP contribution >= 0.6 is 0 Å². The van der Waals surface area contributed by atoms with Crippen LogP contribution in [0.25, 0.3) is 0 Å². The Labute approximate surface area is 105 Å². The average molecular weight is 232 g/mol. The Morgan fingerprint density at radius 2 is 2.12 bits per heavy atom. The molecule has 2 atom stereocenters. The summed E-state index contributed by atoms with van der Waals surface area (Å²) in [4.78, 5) is 0. The van der Waals surface area contributed by atoms with Gasteiger partial charge in [-0.25, -0.2) is 0 Å². The Balaban J connectivity index is 2.33. The van der Waals surface area contributed by atoms with Crippen molar-refractivity contribution in [3.05, 3.63) is 35.4 Å². The third-order valence-corrected chi connectivity index (χ3v) is 4.36. The van der Waals surface area contributed by atoms with Crippen molar-refractivity contribution in [1.82, 2.24) is 0 Å². The van der Waals surface area contributed by atoms with Crippen molar-refractivity contribution in [2.75, 3.05) is 0 Å². The zero-order chi connectivity index (χ0) is 12.3. The summed E-state index contributed by atoms with van der Waals surface area (Å²) in [6.07, 6.45) is 6.65. The van der Waals surface area contributed by atoms with Crippen molar-refractivity contribution in [3.8, 4) is 0 Å². The smallest absolute Gasteiger partial charge is 0.0924 e. The van der Waals surface area contributed by atoms with Crippen LogP contribution in [0.3, 0.4) is 0 Å². The highest BCUT2D eigenvalue weighted by Gasteiger charge is 2.39. The lowest BCUT2D eigenvalue weighted by atomic mass is 9.70. The molecule has 0 bridgehead atoms. The van der Waals surface area contributed by atoms with E-state index in [9.17, 15) is 5.11 Å². The molecule has 1 N–H and O–H groups in total. The van der Waals surface area contributed by atoms with E-state index in [-0.39, 0.29) is 0 Å². The second-order valence-corrected chi connectivity index (χ2v) is 5.33. The molecule has 0 saturated heterocycles. The Kier molecular flexibility index (Phi) is 3.88. The predicted molar refractivity (Wildman–Crippen MR) is 72.0 cm³/mol. The van der Waals surface area contributed by atoms with Crippen LogP contribution in [0.1, 0.15) is 57.1 Å². The second-order valence-electron chi connectivity index (χ2n) is 5.33. The molecule has 1 fully saturated rings. The molecule has 1 aliphatic rings. The Morgan fingerprint density at radius 1 is 1.29 bits per heavy atom. The van der Waals surface area contributed by atoms with Gasteiger partial charge < -0.3 is 5.11 Å². The standard InChI is InChI=1S/C16H24O/c1-3-13-8-7-10-15(12-13)16(17)11-6-5-9-14(16)4-2/h7-8,10,12,14,17H,3-6,9,11H2,1-2H3. The van der Waals surface area contributed by atoms with Gasteiger partial charge in [-0.2, -0.15) is 0 Å². The van der Waals surface area contributed by atoms with Crippen LogP contribution in [-0.4, -0.2) is 5.11 Å². The van der Waals surface area contributed by atoms with Crippen molar-refractivity contribution < 1.29 is 5.11 Å². The molecule has 0 heterocycles. The van der Waals surface area contributed by atoms with Gasteiger partial charge in [0.05, 0.1) is 5.60 Å². The lowest BCUT2D eigenvalue weighted by Crippen LogP contribution is -2.37. The molecule has 1 aromatic rings. The van der Waals surface area contributed by atoms with Gasteiger partial charge in [0, 0.05) is 0 Å². The molecule has 17 heavy (non-hydrogen) atoms. The van der Waals surface area contributed by atoms with Crippen molar-refractivity contribution in [2.24, 2.45) is 5.92 Å². The largest absolute Gasteiger partial charge is 0.385 e. The summed E-state index contributed by atoms with van der Waals surface area (Å²) < 4.78 is 0. The van der Waals surface area contributed by atoms with Gasteiger partial charge >= 0.3 is 0 Å². The maximum atomic E-state index is 11.0. The van der Waals surface area contributed by atoms with E-state index in [2.05, 4.69) is 38.1 Å². The van der Waals surface area contributed by atoms with E-state index in [0.29, 0.717) is 5.92 Å². The van der Waals surface area contributed by atoms with Crippen LogP contribution in [0.5, 0.6) is 0 Å². The molecule has 1 saturated carbocycles. The third kappa shape index (κ3) is 2.40. The summed E-state index contributed by atoms with van der Waals surface area (Å²) in [5.74, 6) is 0.434. The van der Waals surface area contributed by atoms with Gasteiger partial charge in [-0.1, -0.05) is 57.4 Å². The Bertz CT molecular complexity index is 372. The molecule has 0 aromatic heterocycles. The zero-order valence-electron chi connectivity index (χ0n) is 11.1. The highest BCUT2D eigenvalue weighted by Crippen LogP contribution is 2.43. The number of hydrogen-bond donors (Lipinski definition) is 1. The first-order valence-electron chi connectivity index (χ1n) is 7.02. The SMILES string of the molecule is CCc1cccc(C2(O)CCCCC2CC)c1. The summed E-state index contributed by atoms with van der Waals surface area (Å²) in [6.45, 7) is 4.37. The number of aliphatic hydroxyl groups is 1. The fourth-order valence-electron chi connectivity index (χ4n) is 3.21. The van der Waals surface area contributed by atoms with Crippen LogP contribution in [0, 0.1) is 5.92 Å². The molecule has 2 unspecified atom stereocenters. The van der Waals surface area contributed by atoms with E-state index in [0.717, 1.165) is 31.2 Å². The maximum Gasteiger partial charge on any atom is 0.0924 e. The lowest BCUT2D eigenvalue weighted by Gasteiger charge is -2.40. The quantitative estimate of drug-likeness (QED) is 0.834. The maximum absolute atomic E-state index is 11.0. The van der Waals surface area contributed by atoms with E-state index >= 15 is 0 Å². The van der Waals surface area contributed by atoms with Gasteiger partial charge in [0.15, 0.2) is 0 Å². The number of hydrogen-bond acceptors (Lipinski definition) is 1. The first-order chi connectivity index (χ1) is 8.20. The van der Waals surface area contributed by atoms with Gasteiger partial charge in [0.2, 0.25) is 0 Å². The molecule has 1 nitrogen and oxygen atoms in total. The highest BCUT2D eigenvalue weighted by atomic mass is 16.3. The first-order valence-corrected chi connectivity index (χ1v) is 7.02. The molecule has 0 spiro atoms. The topological polar surface area (TPSA) is 20.2 Å². The van der Waals surface area contributed by atoms with Crippen molar-refractivity contribution in [2.45, 2.75) is 58.0 Å². The van der Waals surface area contributed by atoms with Gasteiger partial charge in [0.1, 0.15) is 0 Å². The summed E-state index contributed by atoms with van der Waals surface area (Å²) in [5.41, 5.74) is 1.90. The van der Waals surface area contributed by atoms with Crippen LogP contribution in [0.4, 0.5) is 0 Å². The van der Waals surface area contributed by atoms with E-state index in [1.807, 2.05) is 0 Å². The molecular weight excluding hydrogens is 208 g/mol. The van der Waals surface area contributed by atoms with Gasteiger partial charge in [0.25, 0.3) is 0 Å². The van der Waals surface area contributed by atoms with E-state index < -0.39 is 5.60 Å². The van der Waals surface area contributed by atoms with Crippen LogP contribution in [0.2, 0.25) is 0 Å². The minimum Gasteiger partial charge on any atom is -0.385 e. The van der Waals surface area contributed by atoms with Gasteiger partial charge in [-0.05, 0) is 36.3 Å². The summed E-state index contributed by atoms with van der Waals surface area (Å²) >= 11 is 0. The fraction of sp³-hybridized carbons (Fsp3) is 0.625. The number of rotatable bonds is 3. The fourth-order valence-corrected chi connectivity index (χ4v) is 3.21. The summed E-state index contributed by atoms with van der Waals surface area (Å²) in [5, 5.41) is 11.0. The third-order valence-electron chi connectivity index (χ3n) is 4.36. The number of aryl methyl sites for hydroxylation is 1. The van der Waals surface area contributed by atoms with Crippen molar-refractivity contribution in [3.63, 3.8) is 0 Å². The molecule has 94 valence electrons. The Morgan fingerprint density at radius 3 is 2.82 bits per heavy atom. The van der Waals surface area contributed by atoms with Gasteiger partial charge in [-0.3, -0.25) is 0 Å². The first kappa shape index (κ1) is 12.6. The van der Waals surface area contributed by atoms with E-state index in [1.54, 1.807) is 0 Å².